The van der Waals surface area contributed by atoms with Crippen LogP contribution < -0.4 is 10.6 Å². The number of alkyl carbamates (subject to hydrolysis) is 1. The van der Waals surface area contributed by atoms with Gasteiger partial charge in [-0.2, -0.15) is 0 Å². The van der Waals surface area contributed by atoms with Crippen LogP contribution in [-0.2, 0) is 11.2 Å². The van der Waals surface area contributed by atoms with Gasteiger partial charge < -0.3 is 15.4 Å². The highest BCUT2D eigenvalue weighted by Crippen LogP contribution is 2.26. The van der Waals surface area contributed by atoms with E-state index in [0.29, 0.717) is 18.5 Å². The third kappa shape index (κ3) is 7.37. The van der Waals surface area contributed by atoms with Crippen molar-refractivity contribution >= 4 is 11.8 Å². The first kappa shape index (κ1) is 19.6. The molecule has 0 aliphatic heterocycles. The van der Waals surface area contributed by atoms with E-state index >= 15 is 0 Å². The summed E-state index contributed by atoms with van der Waals surface area (Å²) >= 11 is 0. The van der Waals surface area contributed by atoms with Gasteiger partial charge in [-0.1, -0.05) is 25.5 Å². The summed E-state index contributed by atoms with van der Waals surface area (Å²) in [5.41, 5.74) is 2.19. The fourth-order valence-corrected chi connectivity index (χ4v) is 3.34. The minimum Gasteiger partial charge on any atom is -0.444 e. The van der Waals surface area contributed by atoms with Crippen molar-refractivity contribution in [2.24, 2.45) is 5.92 Å². The average molecular weight is 347 g/mol. The topological polar surface area (TPSA) is 50.4 Å². The van der Waals surface area contributed by atoms with E-state index in [1.807, 2.05) is 20.8 Å². The summed E-state index contributed by atoms with van der Waals surface area (Å²) < 4.78 is 5.29. The Hall–Kier alpha value is -1.71. The van der Waals surface area contributed by atoms with Gasteiger partial charge in [0, 0.05) is 18.3 Å². The first-order chi connectivity index (χ1) is 11.9. The Morgan fingerprint density at radius 3 is 2.32 bits per heavy atom. The van der Waals surface area contributed by atoms with Crippen molar-refractivity contribution in [1.29, 1.82) is 0 Å². The second kappa shape index (κ2) is 9.12. The van der Waals surface area contributed by atoms with Crippen LogP contribution in [0.3, 0.4) is 0 Å². The predicted octanol–water partition coefficient (Wildman–Crippen LogP) is 5.13. The van der Waals surface area contributed by atoms with Crippen molar-refractivity contribution in [3.8, 4) is 0 Å². The zero-order chi connectivity index (χ0) is 18.3. The predicted molar refractivity (Wildman–Crippen MR) is 104 cm³/mol. The van der Waals surface area contributed by atoms with Gasteiger partial charge in [0.25, 0.3) is 0 Å². The van der Waals surface area contributed by atoms with Crippen LogP contribution in [0.15, 0.2) is 24.3 Å². The summed E-state index contributed by atoms with van der Waals surface area (Å²) in [7, 11) is 0. The molecule has 1 amide bonds. The highest BCUT2D eigenvalue weighted by Gasteiger charge is 2.22. The minimum absolute atomic E-state index is 0.306. The monoisotopic (exact) mass is 346 g/mol. The Labute approximate surface area is 152 Å². The molecule has 1 aromatic carbocycles. The summed E-state index contributed by atoms with van der Waals surface area (Å²) in [6, 6.07) is 9.38. The standard InChI is InChI=1S/C21H34N2O2/c1-5-6-16-7-11-18(12-8-16)23-19-13-9-17(10-14-19)15-22-20(24)25-21(2,3)4/h7-8,11-12,17,19,23H,5-6,9-10,13-15H2,1-4H3,(H,22,24). The molecule has 1 aliphatic rings. The van der Waals surface area contributed by atoms with Crippen LogP contribution in [0.5, 0.6) is 0 Å². The van der Waals surface area contributed by atoms with Gasteiger partial charge in [-0.15, -0.1) is 0 Å². The molecule has 1 fully saturated rings. The van der Waals surface area contributed by atoms with Gasteiger partial charge in [-0.3, -0.25) is 0 Å². The van der Waals surface area contributed by atoms with Crippen LogP contribution in [0.25, 0.3) is 0 Å². The first-order valence-electron chi connectivity index (χ1n) is 9.68. The number of rotatable bonds is 6. The molecule has 2 N–H and O–H groups in total. The lowest BCUT2D eigenvalue weighted by atomic mass is 9.86. The van der Waals surface area contributed by atoms with Crippen molar-refractivity contribution < 1.29 is 9.53 Å². The van der Waals surface area contributed by atoms with Gasteiger partial charge in [0.05, 0.1) is 0 Å². The Kier molecular flexibility index (Phi) is 7.15. The number of benzene rings is 1. The molecule has 1 aromatic rings. The number of nitrogens with one attached hydrogen (secondary N) is 2. The van der Waals surface area contributed by atoms with Gasteiger partial charge in [-0.25, -0.2) is 4.79 Å². The molecule has 4 heteroatoms. The van der Waals surface area contributed by atoms with Crippen LogP contribution in [0.4, 0.5) is 10.5 Å². The molecule has 2 rings (SSSR count). The molecule has 25 heavy (non-hydrogen) atoms. The number of ether oxygens (including phenoxy) is 1. The van der Waals surface area contributed by atoms with E-state index in [1.165, 1.54) is 17.7 Å². The smallest absolute Gasteiger partial charge is 0.407 e. The third-order valence-corrected chi connectivity index (χ3v) is 4.64. The quantitative estimate of drug-likeness (QED) is 0.750. The maximum Gasteiger partial charge on any atom is 0.407 e. The molecule has 0 aromatic heterocycles. The number of carbonyl (C=O) groups excluding carboxylic acids is 1. The Morgan fingerprint density at radius 1 is 1.12 bits per heavy atom. The van der Waals surface area contributed by atoms with Crippen LogP contribution in [0.2, 0.25) is 0 Å². The summed E-state index contributed by atoms with van der Waals surface area (Å²) in [6.45, 7) is 8.59. The zero-order valence-electron chi connectivity index (χ0n) is 16.2. The Balaban J connectivity index is 1.68. The zero-order valence-corrected chi connectivity index (χ0v) is 16.2. The maximum atomic E-state index is 11.7. The van der Waals surface area contributed by atoms with Gasteiger partial charge in [0.1, 0.15) is 5.60 Å². The van der Waals surface area contributed by atoms with E-state index < -0.39 is 5.60 Å². The Morgan fingerprint density at radius 2 is 1.76 bits per heavy atom. The van der Waals surface area contributed by atoms with Crippen molar-refractivity contribution in [2.75, 3.05) is 11.9 Å². The maximum absolute atomic E-state index is 11.7. The number of hydrogen-bond acceptors (Lipinski definition) is 3. The lowest BCUT2D eigenvalue weighted by molar-refractivity contribution is 0.0515. The molecule has 0 atom stereocenters. The van der Waals surface area contributed by atoms with Gasteiger partial charge in [0.2, 0.25) is 0 Å². The van der Waals surface area contributed by atoms with E-state index in [0.717, 1.165) is 32.1 Å². The fourth-order valence-electron chi connectivity index (χ4n) is 3.34. The molecule has 1 aliphatic carbocycles. The summed E-state index contributed by atoms with van der Waals surface area (Å²) in [6.07, 6.45) is 6.61. The van der Waals surface area contributed by atoms with Gasteiger partial charge in [-0.05, 0) is 76.5 Å². The van der Waals surface area contributed by atoms with E-state index in [4.69, 9.17) is 4.74 Å². The molecular weight excluding hydrogens is 312 g/mol. The number of hydrogen-bond donors (Lipinski definition) is 2. The molecule has 0 spiro atoms. The highest BCUT2D eigenvalue weighted by atomic mass is 16.6. The molecule has 0 unspecified atom stereocenters. The second-order valence-corrected chi connectivity index (χ2v) is 8.19. The third-order valence-electron chi connectivity index (χ3n) is 4.64. The average Bonchev–Trinajstić information content (AvgIpc) is 2.55. The van der Waals surface area contributed by atoms with Crippen molar-refractivity contribution in [3.63, 3.8) is 0 Å². The number of amides is 1. The van der Waals surface area contributed by atoms with E-state index in [-0.39, 0.29) is 6.09 Å². The van der Waals surface area contributed by atoms with E-state index in [2.05, 4.69) is 41.8 Å². The molecule has 4 nitrogen and oxygen atoms in total. The molecule has 0 radical (unpaired) electrons. The second-order valence-electron chi connectivity index (χ2n) is 8.19. The van der Waals surface area contributed by atoms with Crippen LogP contribution in [0.1, 0.15) is 65.4 Å². The van der Waals surface area contributed by atoms with Crippen LogP contribution in [0, 0.1) is 5.92 Å². The normalized spacial score (nSPS) is 20.8. The van der Waals surface area contributed by atoms with Crippen LogP contribution >= 0.6 is 0 Å². The number of carbonyl (C=O) groups is 1. The SMILES string of the molecule is CCCc1ccc(NC2CCC(CNC(=O)OC(C)(C)C)CC2)cc1. The minimum atomic E-state index is -0.432. The fraction of sp³-hybridized carbons (Fsp3) is 0.667. The van der Waals surface area contributed by atoms with Gasteiger partial charge >= 0.3 is 6.09 Å². The lowest BCUT2D eigenvalue weighted by Gasteiger charge is -2.30. The number of anilines is 1. The van der Waals surface area contributed by atoms with Crippen molar-refractivity contribution in [2.45, 2.75) is 77.9 Å². The highest BCUT2D eigenvalue weighted by molar-refractivity contribution is 5.67. The largest absolute Gasteiger partial charge is 0.444 e. The molecular formula is C21H34N2O2. The summed E-state index contributed by atoms with van der Waals surface area (Å²) in [5, 5.41) is 6.56. The Bertz CT molecular complexity index is 526. The molecule has 0 saturated heterocycles. The van der Waals surface area contributed by atoms with E-state index in [9.17, 15) is 4.79 Å². The van der Waals surface area contributed by atoms with Crippen LogP contribution in [-0.4, -0.2) is 24.3 Å². The molecule has 140 valence electrons. The molecule has 0 bridgehead atoms. The summed E-state index contributed by atoms with van der Waals surface area (Å²) in [5.74, 6) is 0.553. The molecule has 1 saturated carbocycles. The first-order valence-corrected chi connectivity index (χ1v) is 9.68. The van der Waals surface area contributed by atoms with Crippen molar-refractivity contribution in [3.05, 3.63) is 29.8 Å². The lowest BCUT2D eigenvalue weighted by Crippen LogP contribution is -2.37. The molecule has 0 heterocycles. The van der Waals surface area contributed by atoms with Crippen molar-refractivity contribution in [1.82, 2.24) is 5.32 Å². The van der Waals surface area contributed by atoms with Gasteiger partial charge in [0.15, 0.2) is 0 Å². The van der Waals surface area contributed by atoms with E-state index in [1.54, 1.807) is 0 Å². The summed E-state index contributed by atoms with van der Waals surface area (Å²) in [4.78, 5) is 11.7. The number of aryl methyl sites for hydroxylation is 1.